The van der Waals surface area contributed by atoms with Gasteiger partial charge in [0.25, 0.3) is 0 Å². The van der Waals surface area contributed by atoms with E-state index in [-0.39, 0.29) is 0 Å². The Morgan fingerprint density at radius 1 is 0.929 bits per heavy atom. The fourth-order valence-corrected chi connectivity index (χ4v) is 1.21. The van der Waals surface area contributed by atoms with Crippen molar-refractivity contribution < 1.29 is 0 Å². The van der Waals surface area contributed by atoms with Crippen LogP contribution in [0.4, 0.5) is 0 Å². The average molecular weight is 184 g/mol. The molecule has 14 heavy (non-hydrogen) atoms. The molecule has 0 atom stereocenters. The first-order valence-corrected chi connectivity index (χ1v) is 5.89. The molecule has 0 aromatic heterocycles. The Morgan fingerprint density at radius 3 is 1.71 bits per heavy atom. The van der Waals surface area contributed by atoms with Crippen molar-refractivity contribution in [1.82, 2.24) is 0 Å². The van der Waals surface area contributed by atoms with E-state index in [2.05, 4.69) is 55.8 Å². The second kappa shape index (κ2) is 10.9. The van der Waals surface area contributed by atoms with Crippen LogP contribution in [0.1, 0.15) is 45.1 Å². The molecule has 1 aromatic rings. The van der Waals surface area contributed by atoms with E-state index in [9.17, 15) is 0 Å². The Morgan fingerprint density at radius 2 is 1.43 bits per heavy atom. The SMILES string of the molecule is CCCCCC.[Li][CH2]c1ccccc1. The van der Waals surface area contributed by atoms with E-state index in [1.54, 1.807) is 0 Å². The molecule has 0 unspecified atom stereocenters. The normalized spacial score (nSPS) is 9.14. The minimum absolute atomic E-state index is 1.14. The van der Waals surface area contributed by atoms with Gasteiger partial charge in [0.05, 0.1) is 0 Å². The Bertz CT molecular complexity index is 190. The van der Waals surface area contributed by atoms with Crippen LogP contribution in [0.25, 0.3) is 0 Å². The molecule has 0 heterocycles. The standard InChI is InChI=1S/C7H7.C6H14.Li/c1-7-5-3-2-4-6-7;1-3-5-6-4-2;/h2-6H,1H2;3-6H2,1-2H3;. The summed E-state index contributed by atoms with van der Waals surface area (Å²) in [6.07, 6.45) is 5.54. The Labute approximate surface area is 98.3 Å². The molecular formula is C13H21Li. The third-order valence-electron chi connectivity index (χ3n) is 2.21. The van der Waals surface area contributed by atoms with Gasteiger partial charge in [-0.25, -0.2) is 0 Å². The van der Waals surface area contributed by atoms with Gasteiger partial charge in [0.15, 0.2) is 0 Å². The predicted molar refractivity (Wildman–Crippen MR) is 65.7 cm³/mol. The Kier molecular flexibility index (Phi) is 10.8. The van der Waals surface area contributed by atoms with Crippen molar-refractivity contribution in [2.45, 2.75) is 44.6 Å². The third-order valence-corrected chi connectivity index (χ3v) is 2.21. The van der Waals surface area contributed by atoms with Crippen LogP contribution >= 0.6 is 0 Å². The minimum atomic E-state index is 1.14. The van der Waals surface area contributed by atoms with Crippen molar-refractivity contribution in [3.05, 3.63) is 35.9 Å². The molecule has 0 saturated carbocycles. The van der Waals surface area contributed by atoms with Gasteiger partial charge in [-0.2, -0.15) is 0 Å². The molecule has 0 aliphatic heterocycles. The molecule has 0 N–H and O–H groups in total. The molecule has 0 amide bonds. The molecule has 0 radical (unpaired) electrons. The van der Waals surface area contributed by atoms with Crippen molar-refractivity contribution >= 4 is 17.7 Å². The number of hydrogen-bond acceptors (Lipinski definition) is 0. The van der Waals surface area contributed by atoms with Crippen molar-refractivity contribution in [3.8, 4) is 0 Å². The van der Waals surface area contributed by atoms with Gasteiger partial charge in [-0.15, -0.1) is 0 Å². The zero-order chi connectivity index (χ0) is 10.6. The van der Waals surface area contributed by atoms with Crippen LogP contribution in [0.15, 0.2) is 30.3 Å². The van der Waals surface area contributed by atoms with E-state index >= 15 is 0 Å². The second-order valence-electron chi connectivity index (χ2n) is 3.55. The first-order valence-electron chi connectivity index (χ1n) is 5.89. The summed E-state index contributed by atoms with van der Waals surface area (Å²) >= 11 is 2.16. The van der Waals surface area contributed by atoms with Gasteiger partial charge in [-0.1, -0.05) is 39.5 Å². The summed E-state index contributed by atoms with van der Waals surface area (Å²) in [5, 5.41) is 1.14. The van der Waals surface area contributed by atoms with Gasteiger partial charge in [0, 0.05) is 0 Å². The van der Waals surface area contributed by atoms with Gasteiger partial charge >= 0.3 is 58.7 Å². The van der Waals surface area contributed by atoms with E-state index < -0.39 is 0 Å². The fraction of sp³-hybridized carbons (Fsp3) is 0.538. The predicted octanol–water partition coefficient (Wildman–Crippen LogP) is 3.94. The van der Waals surface area contributed by atoms with Crippen molar-refractivity contribution in [3.63, 3.8) is 0 Å². The van der Waals surface area contributed by atoms with E-state index in [0.717, 1.165) is 5.09 Å². The van der Waals surface area contributed by atoms with E-state index in [1.807, 2.05) is 6.07 Å². The molecular weight excluding hydrogens is 163 g/mol. The topological polar surface area (TPSA) is 0 Å². The molecule has 0 bridgehead atoms. The molecule has 0 aliphatic carbocycles. The van der Waals surface area contributed by atoms with E-state index in [4.69, 9.17) is 0 Å². The first-order chi connectivity index (χ1) is 6.85. The van der Waals surface area contributed by atoms with Crippen LogP contribution in [0.3, 0.4) is 0 Å². The first kappa shape index (κ1) is 13.8. The average Bonchev–Trinajstić information content (AvgIpc) is 2.28. The van der Waals surface area contributed by atoms with Gasteiger partial charge < -0.3 is 0 Å². The number of unbranched alkanes of at least 4 members (excludes halogenated alkanes) is 3. The maximum atomic E-state index is 2.23. The quantitative estimate of drug-likeness (QED) is 0.491. The molecule has 0 fully saturated rings. The summed E-state index contributed by atoms with van der Waals surface area (Å²) in [5.74, 6) is 0. The summed E-state index contributed by atoms with van der Waals surface area (Å²) in [6.45, 7) is 4.46. The van der Waals surface area contributed by atoms with Gasteiger partial charge in [0.2, 0.25) is 0 Å². The van der Waals surface area contributed by atoms with Crippen LogP contribution in [0, 0.1) is 0 Å². The number of rotatable bonds is 4. The summed E-state index contributed by atoms with van der Waals surface area (Å²) in [6, 6.07) is 10.5. The molecule has 74 valence electrons. The van der Waals surface area contributed by atoms with Crippen LogP contribution in [0.2, 0.25) is 0 Å². The van der Waals surface area contributed by atoms with Crippen LogP contribution in [0.5, 0.6) is 0 Å². The summed E-state index contributed by atoms with van der Waals surface area (Å²) in [7, 11) is 0. The summed E-state index contributed by atoms with van der Waals surface area (Å²) in [4.78, 5) is 0. The molecule has 0 saturated heterocycles. The summed E-state index contributed by atoms with van der Waals surface area (Å²) < 4.78 is 0. The van der Waals surface area contributed by atoms with E-state index in [0.29, 0.717) is 0 Å². The number of benzene rings is 1. The van der Waals surface area contributed by atoms with Crippen molar-refractivity contribution in [1.29, 1.82) is 0 Å². The van der Waals surface area contributed by atoms with Gasteiger partial charge in [-0.3, -0.25) is 0 Å². The van der Waals surface area contributed by atoms with Crippen LogP contribution in [-0.2, 0) is 5.09 Å². The van der Waals surface area contributed by atoms with Gasteiger partial charge in [0.1, 0.15) is 0 Å². The monoisotopic (exact) mass is 184 g/mol. The maximum absolute atomic E-state index is 2.23. The molecule has 0 spiro atoms. The van der Waals surface area contributed by atoms with Gasteiger partial charge in [-0.05, 0) is 0 Å². The van der Waals surface area contributed by atoms with Crippen molar-refractivity contribution in [2.24, 2.45) is 0 Å². The third kappa shape index (κ3) is 8.42. The molecule has 1 rings (SSSR count). The molecule has 0 aliphatic rings. The van der Waals surface area contributed by atoms with E-state index in [1.165, 1.54) is 31.2 Å². The fourth-order valence-electron chi connectivity index (χ4n) is 1.21. The second-order valence-corrected chi connectivity index (χ2v) is 3.55. The molecule has 0 nitrogen and oxygen atoms in total. The van der Waals surface area contributed by atoms with Crippen LogP contribution < -0.4 is 0 Å². The Hall–Kier alpha value is -0.183. The van der Waals surface area contributed by atoms with Crippen molar-refractivity contribution in [2.75, 3.05) is 0 Å². The number of hydrogen-bond donors (Lipinski definition) is 0. The molecule has 1 heteroatoms. The zero-order valence-corrected chi connectivity index (χ0v) is 9.92. The molecule has 1 aromatic carbocycles. The van der Waals surface area contributed by atoms with Crippen LogP contribution in [-0.4, -0.2) is 17.7 Å². The zero-order valence-electron chi connectivity index (χ0n) is 9.92. The Balaban J connectivity index is 0.000000255. The summed E-state index contributed by atoms with van der Waals surface area (Å²) in [5.41, 5.74) is 1.41.